The van der Waals surface area contributed by atoms with Gasteiger partial charge in [0.2, 0.25) is 10.0 Å². The second kappa shape index (κ2) is 9.11. The first-order valence-electron chi connectivity index (χ1n) is 9.22. The molecule has 1 amide bonds. The number of amides is 1. The summed E-state index contributed by atoms with van der Waals surface area (Å²) in [6.07, 6.45) is -0.484. The van der Waals surface area contributed by atoms with Crippen molar-refractivity contribution >= 4 is 44.8 Å². The highest BCUT2D eigenvalue weighted by Crippen LogP contribution is 2.30. The molecule has 3 rings (SSSR count). The van der Waals surface area contributed by atoms with Gasteiger partial charge in [-0.05, 0) is 50.2 Å². The van der Waals surface area contributed by atoms with E-state index in [-0.39, 0.29) is 40.8 Å². The number of nitrogens with one attached hydrogen (secondary N) is 1. The summed E-state index contributed by atoms with van der Waals surface area (Å²) in [4.78, 5) is 12.6. The summed E-state index contributed by atoms with van der Waals surface area (Å²) in [6.45, 7) is 4.04. The molecular formula is C20H22Cl2N2O5S. The first-order chi connectivity index (χ1) is 14.1. The molecule has 2 atom stereocenters. The SMILES string of the molecule is COc1ccc(NC(=O)c2ccc(Cl)c(S(=O)(=O)N3C[C@H](C)O[C@@H](C)C3)c2)cc1Cl. The zero-order chi connectivity index (χ0) is 22.1. The number of sulfonamides is 1. The minimum atomic E-state index is -3.90. The van der Waals surface area contributed by atoms with E-state index in [4.69, 9.17) is 32.7 Å². The number of morpholine rings is 1. The van der Waals surface area contributed by atoms with E-state index in [1.807, 2.05) is 13.8 Å². The van der Waals surface area contributed by atoms with Crippen molar-refractivity contribution in [3.63, 3.8) is 0 Å². The summed E-state index contributed by atoms with van der Waals surface area (Å²) in [5.41, 5.74) is 0.597. The van der Waals surface area contributed by atoms with Crippen LogP contribution in [0.15, 0.2) is 41.3 Å². The third kappa shape index (κ3) is 4.90. The van der Waals surface area contributed by atoms with Crippen LogP contribution >= 0.6 is 23.2 Å². The minimum absolute atomic E-state index is 0.0471. The molecule has 7 nitrogen and oxygen atoms in total. The van der Waals surface area contributed by atoms with Crippen molar-refractivity contribution in [3.8, 4) is 5.75 Å². The lowest BCUT2D eigenvalue weighted by Crippen LogP contribution is -2.48. The van der Waals surface area contributed by atoms with Gasteiger partial charge >= 0.3 is 0 Å². The predicted molar refractivity (Wildman–Crippen MR) is 116 cm³/mol. The molecule has 10 heteroatoms. The highest BCUT2D eigenvalue weighted by Gasteiger charge is 2.33. The molecule has 1 aliphatic heterocycles. The zero-order valence-corrected chi connectivity index (χ0v) is 19.0. The molecule has 1 fully saturated rings. The molecular weight excluding hydrogens is 451 g/mol. The van der Waals surface area contributed by atoms with Crippen molar-refractivity contribution < 1.29 is 22.7 Å². The van der Waals surface area contributed by atoms with E-state index in [1.165, 1.54) is 29.6 Å². The molecule has 2 aromatic carbocycles. The van der Waals surface area contributed by atoms with E-state index in [1.54, 1.807) is 18.2 Å². The van der Waals surface area contributed by atoms with Crippen LogP contribution in [0.1, 0.15) is 24.2 Å². The number of methoxy groups -OCH3 is 1. The summed E-state index contributed by atoms with van der Waals surface area (Å²) in [7, 11) is -2.41. The molecule has 1 N–H and O–H groups in total. The van der Waals surface area contributed by atoms with Crippen LogP contribution in [0.25, 0.3) is 0 Å². The van der Waals surface area contributed by atoms with Crippen molar-refractivity contribution in [2.24, 2.45) is 0 Å². The van der Waals surface area contributed by atoms with Gasteiger partial charge in [0.1, 0.15) is 10.6 Å². The average molecular weight is 473 g/mol. The molecule has 0 aliphatic carbocycles. The fourth-order valence-corrected chi connectivity index (χ4v) is 5.60. The Morgan fingerprint density at radius 1 is 1.10 bits per heavy atom. The van der Waals surface area contributed by atoms with E-state index in [0.717, 1.165) is 0 Å². The quantitative estimate of drug-likeness (QED) is 0.709. The van der Waals surface area contributed by atoms with Gasteiger partial charge in [-0.15, -0.1) is 0 Å². The molecule has 0 bridgehead atoms. The number of ether oxygens (including phenoxy) is 2. The van der Waals surface area contributed by atoms with E-state index < -0.39 is 15.9 Å². The van der Waals surface area contributed by atoms with Gasteiger partial charge < -0.3 is 14.8 Å². The van der Waals surface area contributed by atoms with Crippen molar-refractivity contribution in [1.29, 1.82) is 0 Å². The maximum atomic E-state index is 13.2. The van der Waals surface area contributed by atoms with Crippen LogP contribution in [-0.4, -0.2) is 51.0 Å². The van der Waals surface area contributed by atoms with Crippen molar-refractivity contribution in [2.45, 2.75) is 31.0 Å². The number of hydrogen-bond donors (Lipinski definition) is 1. The van der Waals surface area contributed by atoms with Crippen LogP contribution in [0.5, 0.6) is 5.75 Å². The Morgan fingerprint density at radius 2 is 1.77 bits per heavy atom. The Kier molecular flexibility index (Phi) is 6.94. The number of rotatable bonds is 5. The lowest BCUT2D eigenvalue weighted by atomic mass is 10.2. The number of nitrogens with zero attached hydrogens (tertiary/aromatic N) is 1. The Balaban J connectivity index is 1.87. The summed E-state index contributed by atoms with van der Waals surface area (Å²) < 4.78 is 38.4. The zero-order valence-electron chi connectivity index (χ0n) is 16.7. The Morgan fingerprint density at radius 3 is 2.37 bits per heavy atom. The van der Waals surface area contributed by atoms with Crippen LogP contribution in [0, 0.1) is 0 Å². The number of carbonyl (C=O) groups is 1. The summed E-state index contributed by atoms with van der Waals surface area (Å²) >= 11 is 12.3. The van der Waals surface area contributed by atoms with Gasteiger partial charge in [0.15, 0.2) is 0 Å². The highest BCUT2D eigenvalue weighted by atomic mass is 35.5. The topological polar surface area (TPSA) is 84.9 Å². The van der Waals surface area contributed by atoms with Gasteiger partial charge in [-0.3, -0.25) is 4.79 Å². The van der Waals surface area contributed by atoms with Gasteiger partial charge in [0, 0.05) is 24.3 Å². The van der Waals surface area contributed by atoms with E-state index in [9.17, 15) is 13.2 Å². The standard InChI is InChI=1S/C20H22Cl2N2O5S/c1-12-10-24(11-13(2)29-12)30(26,27)19-8-14(4-6-16(19)21)20(25)23-15-5-7-18(28-3)17(22)9-15/h4-9,12-13H,10-11H2,1-3H3,(H,23,25)/t12-,13-/m0/s1. The molecule has 0 saturated carbocycles. The largest absolute Gasteiger partial charge is 0.495 e. The van der Waals surface area contributed by atoms with Gasteiger partial charge in [0.25, 0.3) is 5.91 Å². The summed E-state index contributed by atoms with van der Waals surface area (Å²) in [5.74, 6) is -0.0171. The maximum absolute atomic E-state index is 13.2. The molecule has 30 heavy (non-hydrogen) atoms. The van der Waals surface area contributed by atoms with Crippen LogP contribution in [0.3, 0.4) is 0 Å². The van der Waals surface area contributed by atoms with Crippen LogP contribution in [0.2, 0.25) is 10.0 Å². The average Bonchev–Trinajstić information content (AvgIpc) is 2.67. The second-order valence-corrected chi connectivity index (χ2v) is 9.75. The molecule has 2 aromatic rings. The lowest BCUT2D eigenvalue weighted by molar-refractivity contribution is -0.0440. The number of hydrogen-bond acceptors (Lipinski definition) is 5. The van der Waals surface area contributed by atoms with E-state index >= 15 is 0 Å². The smallest absolute Gasteiger partial charge is 0.255 e. The normalized spacial score (nSPS) is 20.0. The highest BCUT2D eigenvalue weighted by molar-refractivity contribution is 7.89. The molecule has 0 unspecified atom stereocenters. The van der Waals surface area contributed by atoms with Crippen LogP contribution in [0.4, 0.5) is 5.69 Å². The van der Waals surface area contributed by atoms with Gasteiger partial charge in [0.05, 0.1) is 29.4 Å². The predicted octanol–water partition coefficient (Wildman–Crippen LogP) is 4.05. The Bertz CT molecular complexity index is 1050. The lowest BCUT2D eigenvalue weighted by Gasteiger charge is -2.34. The minimum Gasteiger partial charge on any atom is -0.495 e. The maximum Gasteiger partial charge on any atom is 0.255 e. The Labute approximate surface area is 185 Å². The molecule has 0 spiro atoms. The molecule has 0 radical (unpaired) electrons. The fraction of sp³-hybridized carbons (Fsp3) is 0.350. The van der Waals surface area contributed by atoms with Crippen LogP contribution in [-0.2, 0) is 14.8 Å². The number of halogens is 2. The number of carbonyl (C=O) groups excluding carboxylic acids is 1. The fourth-order valence-electron chi connectivity index (χ4n) is 3.26. The molecule has 162 valence electrons. The second-order valence-electron chi connectivity index (χ2n) is 7.03. The van der Waals surface area contributed by atoms with Crippen LogP contribution < -0.4 is 10.1 Å². The molecule has 0 aromatic heterocycles. The molecule has 1 heterocycles. The van der Waals surface area contributed by atoms with Crippen molar-refractivity contribution in [2.75, 3.05) is 25.5 Å². The number of anilines is 1. The number of benzene rings is 2. The third-order valence-electron chi connectivity index (χ3n) is 4.61. The first kappa shape index (κ1) is 22.8. The van der Waals surface area contributed by atoms with Gasteiger partial charge in [-0.1, -0.05) is 23.2 Å². The molecule has 1 saturated heterocycles. The summed E-state index contributed by atoms with van der Waals surface area (Å²) in [5, 5.41) is 3.08. The van der Waals surface area contributed by atoms with E-state index in [0.29, 0.717) is 16.5 Å². The summed E-state index contributed by atoms with van der Waals surface area (Å²) in [6, 6.07) is 8.94. The van der Waals surface area contributed by atoms with Crippen molar-refractivity contribution in [3.05, 3.63) is 52.0 Å². The monoisotopic (exact) mass is 472 g/mol. The molecule has 1 aliphatic rings. The third-order valence-corrected chi connectivity index (χ3v) is 7.22. The van der Waals surface area contributed by atoms with Gasteiger partial charge in [-0.2, -0.15) is 4.31 Å². The van der Waals surface area contributed by atoms with E-state index in [2.05, 4.69) is 5.32 Å². The first-order valence-corrected chi connectivity index (χ1v) is 11.4. The Hall–Kier alpha value is -1.84. The van der Waals surface area contributed by atoms with Crippen molar-refractivity contribution in [1.82, 2.24) is 4.31 Å². The van der Waals surface area contributed by atoms with Gasteiger partial charge in [-0.25, -0.2) is 8.42 Å².